The van der Waals surface area contributed by atoms with Crippen LogP contribution in [0.3, 0.4) is 0 Å². The number of rotatable bonds is 8. The van der Waals surface area contributed by atoms with Gasteiger partial charge in [0.2, 0.25) is 5.91 Å². The summed E-state index contributed by atoms with van der Waals surface area (Å²) < 4.78 is 51.6. The number of nitro benzene ring substituents is 1. The highest BCUT2D eigenvalue weighted by molar-refractivity contribution is 6.31. The van der Waals surface area contributed by atoms with Gasteiger partial charge in [0.1, 0.15) is 23.5 Å². The van der Waals surface area contributed by atoms with Crippen LogP contribution < -0.4 is 5.32 Å². The first kappa shape index (κ1) is 29.2. The van der Waals surface area contributed by atoms with Crippen LogP contribution in [0.5, 0.6) is 0 Å². The van der Waals surface area contributed by atoms with Crippen LogP contribution in [0.1, 0.15) is 37.0 Å². The van der Waals surface area contributed by atoms with Gasteiger partial charge in [-0.2, -0.15) is 13.2 Å². The van der Waals surface area contributed by atoms with Crippen LogP contribution in [-0.2, 0) is 22.3 Å². The normalized spacial score (nSPS) is 20.3. The molecule has 1 aliphatic heterocycles. The molecule has 220 valence electrons. The minimum absolute atomic E-state index is 0.00953. The molecule has 1 aliphatic carbocycles. The van der Waals surface area contributed by atoms with Gasteiger partial charge in [0, 0.05) is 60.4 Å². The molecule has 2 aliphatic rings. The van der Waals surface area contributed by atoms with E-state index in [1.165, 1.54) is 6.07 Å². The van der Waals surface area contributed by atoms with Crippen molar-refractivity contribution in [1.82, 2.24) is 9.80 Å². The monoisotopic (exact) mass is 594 g/mol. The number of carbonyl (C=O) groups excluding carboxylic acids is 1. The van der Waals surface area contributed by atoms with Gasteiger partial charge in [-0.15, -0.1) is 0 Å². The van der Waals surface area contributed by atoms with Crippen LogP contribution in [0.25, 0.3) is 11.0 Å². The van der Waals surface area contributed by atoms with Gasteiger partial charge in [-0.05, 0) is 56.0 Å². The van der Waals surface area contributed by atoms with Crippen molar-refractivity contribution >= 4 is 39.9 Å². The lowest BCUT2D eigenvalue weighted by Crippen LogP contribution is -2.49. The Labute approximate surface area is 239 Å². The molecule has 3 aromatic rings. The number of furan rings is 1. The first-order valence-corrected chi connectivity index (χ1v) is 13.8. The highest BCUT2D eigenvalue weighted by atomic mass is 35.5. The number of nitrogens with zero attached hydrogens (tertiary/aromatic N) is 3. The van der Waals surface area contributed by atoms with E-state index < -0.39 is 22.4 Å². The van der Waals surface area contributed by atoms with Gasteiger partial charge in [-0.25, -0.2) is 0 Å². The molecule has 2 fully saturated rings. The van der Waals surface area contributed by atoms with E-state index in [0.717, 1.165) is 42.0 Å². The number of benzene rings is 2. The summed E-state index contributed by atoms with van der Waals surface area (Å²) >= 11 is 6.04. The molecule has 1 N–H and O–H groups in total. The van der Waals surface area contributed by atoms with Crippen molar-refractivity contribution in [2.24, 2.45) is 0 Å². The van der Waals surface area contributed by atoms with Crippen molar-refractivity contribution in [2.45, 2.75) is 50.6 Å². The van der Waals surface area contributed by atoms with E-state index in [1.807, 2.05) is 18.2 Å². The SMILES string of the molecule is O=C(CO[C@H]1CC[C@H](Nc2ccc([N+](=O)[O-])c(C(F)(F)F)c2)CC1)N1CCN(Cc2cc3ccc(Cl)cc3o2)CC1. The zero-order chi connectivity index (χ0) is 29.1. The predicted octanol–water partition coefficient (Wildman–Crippen LogP) is 6.10. The van der Waals surface area contributed by atoms with E-state index in [0.29, 0.717) is 50.3 Å². The third-order valence-electron chi connectivity index (χ3n) is 7.62. The number of amides is 1. The van der Waals surface area contributed by atoms with E-state index in [-0.39, 0.29) is 30.3 Å². The molecule has 9 nitrogen and oxygen atoms in total. The second-order valence-corrected chi connectivity index (χ2v) is 10.9. The highest BCUT2D eigenvalue weighted by Crippen LogP contribution is 2.38. The van der Waals surface area contributed by atoms with E-state index in [2.05, 4.69) is 10.2 Å². The molecule has 0 atom stereocenters. The van der Waals surface area contributed by atoms with Crippen LogP contribution >= 0.6 is 11.6 Å². The Kier molecular flexibility index (Phi) is 8.71. The molecule has 1 saturated heterocycles. The first-order chi connectivity index (χ1) is 19.5. The fraction of sp³-hybridized carbons (Fsp3) is 0.464. The molecular formula is C28H30ClF3N4O5. The number of hydrogen-bond donors (Lipinski definition) is 1. The number of halogens is 4. The molecule has 1 amide bonds. The number of carbonyl (C=O) groups is 1. The first-order valence-electron chi connectivity index (χ1n) is 13.5. The Balaban J connectivity index is 1.03. The van der Waals surface area contributed by atoms with Crippen molar-refractivity contribution in [2.75, 3.05) is 38.1 Å². The largest absolute Gasteiger partial charge is 0.460 e. The van der Waals surface area contributed by atoms with E-state index in [1.54, 1.807) is 11.0 Å². The van der Waals surface area contributed by atoms with E-state index >= 15 is 0 Å². The van der Waals surface area contributed by atoms with E-state index in [9.17, 15) is 28.1 Å². The van der Waals surface area contributed by atoms with Gasteiger partial charge in [0.15, 0.2) is 0 Å². The average Bonchev–Trinajstić information content (AvgIpc) is 3.33. The van der Waals surface area contributed by atoms with Crippen molar-refractivity contribution < 1.29 is 32.0 Å². The quantitative estimate of drug-likeness (QED) is 0.248. The van der Waals surface area contributed by atoms with E-state index in [4.69, 9.17) is 20.8 Å². The molecule has 1 aromatic heterocycles. The lowest BCUT2D eigenvalue weighted by molar-refractivity contribution is -0.388. The molecule has 2 aromatic carbocycles. The second kappa shape index (κ2) is 12.3. The van der Waals surface area contributed by atoms with Crippen LogP contribution in [0.15, 0.2) is 46.9 Å². The minimum atomic E-state index is -4.82. The summed E-state index contributed by atoms with van der Waals surface area (Å²) in [5.41, 5.74) is -1.30. The summed E-state index contributed by atoms with van der Waals surface area (Å²) in [6.07, 6.45) is -2.34. The second-order valence-electron chi connectivity index (χ2n) is 10.5. The topological polar surface area (TPSA) is 101 Å². The zero-order valence-electron chi connectivity index (χ0n) is 22.2. The summed E-state index contributed by atoms with van der Waals surface area (Å²) in [4.78, 5) is 26.7. The van der Waals surface area contributed by atoms with Crippen molar-refractivity contribution in [1.29, 1.82) is 0 Å². The van der Waals surface area contributed by atoms with Gasteiger partial charge in [0.05, 0.1) is 17.6 Å². The number of nitrogens with one attached hydrogen (secondary N) is 1. The summed E-state index contributed by atoms with van der Waals surface area (Å²) in [6, 6.07) is 10.4. The molecule has 0 spiro atoms. The lowest BCUT2D eigenvalue weighted by Gasteiger charge is -2.35. The van der Waals surface area contributed by atoms with Crippen molar-refractivity contribution in [3.63, 3.8) is 0 Å². The summed E-state index contributed by atoms with van der Waals surface area (Å²) in [5.74, 6) is 0.790. The van der Waals surface area contributed by atoms with Crippen LogP contribution in [-0.4, -0.2) is 65.6 Å². The number of hydrogen-bond acceptors (Lipinski definition) is 7. The summed E-state index contributed by atoms with van der Waals surface area (Å²) in [5, 5.41) is 15.7. The highest BCUT2D eigenvalue weighted by Gasteiger charge is 2.38. The average molecular weight is 595 g/mol. The third-order valence-corrected chi connectivity index (χ3v) is 7.86. The fourth-order valence-corrected chi connectivity index (χ4v) is 5.58. The fourth-order valence-electron chi connectivity index (χ4n) is 5.42. The lowest BCUT2D eigenvalue weighted by atomic mass is 9.92. The van der Waals surface area contributed by atoms with Gasteiger partial charge >= 0.3 is 6.18 Å². The van der Waals surface area contributed by atoms with Gasteiger partial charge in [-0.3, -0.25) is 19.8 Å². The third kappa shape index (κ3) is 7.30. The maximum absolute atomic E-state index is 13.3. The molecule has 41 heavy (non-hydrogen) atoms. The van der Waals surface area contributed by atoms with Crippen LogP contribution in [0, 0.1) is 10.1 Å². The summed E-state index contributed by atoms with van der Waals surface area (Å²) in [7, 11) is 0. The predicted molar refractivity (Wildman–Crippen MR) is 147 cm³/mol. The van der Waals surface area contributed by atoms with Crippen LogP contribution in [0.2, 0.25) is 5.02 Å². The molecule has 2 heterocycles. The zero-order valence-corrected chi connectivity index (χ0v) is 22.9. The van der Waals surface area contributed by atoms with Crippen molar-refractivity contribution in [3.8, 4) is 0 Å². The molecule has 0 radical (unpaired) electrons. The standard InChI is InChI=1S/C28H30ClF3N4O5/c29-19-2-1-18-13-23(41-26(18)14-19)16-34-9-11-35(12-10-34)27(37)17-40-22-6-3-20(4-7-22)33-21-5-8-25(36(38)39)24(15-21)28(30,31)32/h1-2,5,8,13-15,20,22,33H,3-4,6-7,9-12,16-17H2/t20-,22-. The smallest absolute Gasteiger partial charge is 0.423 e. The molecule has 0 unspecified atom stereocenters. The maximum atomic E-state index is 13.3. The Bertz CT molecular complexity index is 1400. The Hall–Kier alpha value is -3.35. The van der Waals surface area contributed by atoms with Crippen molar-refractivity contribution in [3.05, 3.63) is 68.9 Å². The number of nitro groups is 1. The number of ether oxygens (including phenoxy) is 1. The van der Waals surface area contributed by atoms with Gasteiger partial charge in [-0.1, -0.05) is 11.6 Å². The molecular weight excluding hydrogens is 565 g/mol. The van der Waals surface area contributed by atoms with Gasteiger partial charge < -0.3 is 19.4 Å². The number of alkyl halides is 3. The maximum Gasteiger partial charge on any atom is 0.423 e. The molecule has 5 rings (SSSR count). The summed E-state index contributed by atoms with van der Waals surface area (Å²) in [6.45, 7) is 3.28. The number of piperazine rings is 1. The molecule has 0 bridgehead atoms. The number of anilines is 1. The number of fused-ring (bicyclic) bond motifs is 1. The van der Waals surface area contributed by atoms with Gasteiger partial charge in [0.25, 0.3) is 5.69 Å². The Morgan fingerprint density at radius 1 is 1.07 bits per heavy atom. The minimum Gasteiger partial charge on any atom is -0.460 e. The Morgan fingerprint density at radius 2 is 1.80 bits per heavy atom. The molecule has 13 heteroatoms. The van der Waals surface area contributed by atoms with Crippen LogP contribution in [0.4, 0.5) is 24.5 Å². The Morgan fingerprint density at radius 3 is 2.49 bits per heavy atom. The molecule has 1 saturated carbocycles.